The summed E-state index contributed by atoms with van der Waals surface area (Å²) >= 11 is 0. The first kappa shape index (κ1) is 15.6. The highest BCUT2D eigenvalue weighted by atomic mass is 16.8. The second kappa shape index (κ2) is 5.43. The molecule has 122 valence electrons. The Balaban J connectivity index is 1.83. The number of imide groups is 1. The van der Waals surface area contributed by atoms with Crippen LogP contribution in [0.1, 0.15) is 34.6 Å². The minimum atomic E-state index is -0.998. The normalized spacial score (nSPS) is 25.6. The maximum absolute atomic E-state index is 12.4. The summed E-state index contributed by atoms with van der Waals surface area (Å²) in [5.41, 5.74) is 0.704. The van der Waals surface area contributed by atoms with Gasteiger partial charge in [-0.25, -0.2) is 4.79 Å². The van der Waals surface area contributed by atoms with Gasteiger partial charge in [0.2, 0.25) is 0 Å². The van der Waals surface area contributed by atoms with E-state index in [0.29, 0.717) is 11.1 Å². The van der Waals surface area contributed by atoms with Crippen LogP contribution in [0, 0.1) is 0 Å². The lowest BCUT2D eigenvalue weighted by molar-refractivity contribution is -0.168. The molecule has 2 amide bonds. The average molecular weight is 319 g/mol. The van der Waals surface area contributed by atoms with Crippen molar-refractivity contribution in [2.45, 2.75) is 31.8 Å². The smallest absolute Gasteiger partial charge is 0.337 e. The van der Waals surface area contributed by atoms with E-state index in [1.165, 1.54) is 7.11 Å². The van der Waals surface area contributed by atoms with Crippen LogP contribution in [-0.2, 0) is 19.0 Å². The van der Waals surface area contributed by atoms with Crippen LogP contribution in [0.2, 0.25) is 0 Å². The number of esters is 1. The van der Waals surface area contributed by atoms with Gasteiger partial charge in [0.15, 0.2) is 11.9 Å². The summed E-state index contributed by atoms with van der Waals surface area (Å²) in [4.78, 5) is 37.7. The van der Waals surface area contributed by atoms with Gasteiger partial charge in [-0.05, 0) is 26.0 Å². The molecule has 0 aliphatic carbocycles. The molecule has 1 aromatic rings. The molecule has 0 aromatic heterocycles. The second-order valence-electron chi connectivity index (χ2n) is 5.88. The molecule has 2 aliphatic heterocycles. The van der Waals surface area contributed by atoms with Crippen molar-refractivity contribution >= 4 is 17.8 Å². The molecule has 0 spiro atoms. The average Bonchev–Trinajstić information content (AvgIpc) is 2.96. The second-order valence-corrected chi connectivity index (χ2v) is 5.88. The number of methoxy groups -OCH3 is 1. The van der Waals surface area contributed by atoms with Crippen molar-refractivity contribution in [1.82, 2.24) is 4.90 Å². The molecule has 3 rings (SSSR count). The van der Waals surface area contributed by atoms with Gasteiger partial charge in [0, 0.05) is 0 Å². The van der Waals surface area contributed by atoms with Gasteiger partial charge in [0.25, 0.3) is 11.8 Å². The lowest BCUT2D eigenvalue weighted by atomic mass is 10.1. The van der Waals surface area contributed by atoms with E-state index in [9.17, 15) is 14.4 Å². The first-order valence-electron chi connectivity index (χ1n) is 7.23. The first-order valence-corrected chi connectivity index (χ1v) is 7.23. The Labute approximate surface area is 133 Å². The Morgan fingerprint density at radius 3 is 2.26 bits per heavy atom. The summed E-state index contributed by atoms with van der Waals surface area (Å²) in [6.07, 6.45) is -1.76. The van der Waals surface area contributed by atoms with Crippen molar-refractivity contribution in [2.75, 3.05) is 13.7 Å². The quantitative estimate of drug-likeness (QED) is 0.610. The zero-order valence-electron chi connectivity index (χ0n) is 13.1. The Bertz CT molecular complexity index is 648. The van der Waals surface area contributed by atoms with Gasteiger partial charge in [-0.3, -0.25) is 14.5 Å². The van der Waals surface area contributed by atoms with Crippen LogP contribution in [0.5, 0.6) is 0 Å². The Kier molecular flexibility index (Phi) is 3.69. The minimum Gasteiger partial charge on any atom is -0.467 e. The standard InChI is InChI=1S/C16H17NO6/c1-16(2)22-11(12(23-16)15(20)21-3)8-17-13(18)9-6-4-5-7-10(9)14(17)19/h4-7,11-12H,8H2,1-3H3. The fourth-order valence-electron chi connectivity index (χ4n) is 2.87. The Morgan fingerprint density at radius 1 is 1.17 bits per heavy atom. The largest absolute Gasteiger partial charge is 0.467 e. The summed E-state index contributed by atoms with van der Waals surface area (Å²) in [5.74, 6) is -2.40. The van der Waals surface area contributed by atoms with Crippen LogP contribution in [0.25, 0.3) is 0 Å². The number of ether oxygens (including phenoxy) is 3. The molecule has 7 heteroatoms. The monoisotopic (exact) mass is 319 g/mol. The van der Waals surface area contributed by atoms with E-state index in [0.717, 1.165) is 4.90 Å². The van der Waals surface area contributed by atoms with Crippen LogP contribution in [0.3, 0.4) is 0 Å². The summed E-state index contributed by atoms with van der Waals surface area (Å²) in [6, 6.07) is 6.60. The van der Waals surface area contributed by atoms with Crippen LogP contribution in [0.15, 0.2) is 24.3 Å². The van der Waals surface area contributed by atoms with Crippen LogP contribution in [-0.4, -0.2) is 54.3 Å². The van der Waals surface area contributed by atoms with E-state index in [1.807, 2.05) is 0 Å². The van der Waals surface area contributed by atoms with Crippen molar-refractivity contribution in [3.63, 3.8) is 0 Å². The topological polar surface area (TPSA) is 82.1 Å². The summed E-state index contributed by atoms with van der Waals surface area (Å²) in [5, 5.41) is 0. The lowest BCUT2D eigenvalue weighted by Gasteiger charge is -2.21. The molecule has 2 unspecified atom stereocenters. The highest BCUT2D eigenvalue weighted by Gasteiger charge is 2.48. The molecule has 2 atom stereocenters. The molecule has 2 aliphatic rings. The molecule has 23 heavy (non-hydrogen) atoms. The third kappa shape index (κ3) is 2.62. The summed E-state index contributed by atoms with van der Waals surface area (Å²) < 4.78 is 15.9. The van der Waals surface area contributed by atoms with E-state index < -0.39 is 35.8 Å². The van der Waals surface area contributed by atoms with E-state index in [1.54, 1.807) is 38.1 Å². The zero-order valence-corrected chi connectivity index (χ0v) is 13.1. The number of hydrogen-bond donors (Lipinski definition) is 0. The Morgan fingerprint density at radius 2 is 1.74 bits per heavy atom. The fourth-order valence-corrected chi connectivity index (χ4v) is 2.87. The number of hydrogen-bond acceptors (Lipinski definition) is 6. The molecule has 0 bridgehead atoms. The van der Waals surface area contributed by atoms with Gasteiger partial charge < -0.3 is 14.2 Å². The van der Waals surface area contributed by atoms with Crippen LogP contribution >= 0.6 is 0 Å². The maximum Gasteiger partial charge on any atom is 0.337 e. The molecular weight excluding hydrogens is 302 g/mol. The molecule has 0 saturated carbocycles. The van der Waals surface area contributed by atoms with Crippen molar-refractivity contribution < 1.29 is 28.6 Å². The van der Waals surface area contributed by atoms with Gasteiger partial charge in [-0.1, -0.05) is 12.1 Å². The number of amides is 2. The van der Waals surface area contributed by atoms with Gasteiger partial charge in [-0.2, -0.15) is 0 Å². The number of fused-ring (bicyclic) bond motifs is 1. The van der Waals surface area contributed by atoms with Crippen LogP contribution < -0.4 is 0 Å². The predicted octanol–water partition coefficient (Wildman–Crippen LogP) is 0.976. The van der Waals surface area contributed by atoms with Crippen molar-refractivity contribution in [3.05, 3.63) is 35.4 Å². The third-order valence-electron chi connectivity index (χ3n) is 3.86. The van der Waals surface area contributed by atoms with Crippen molar-refractivity contribution in [2.24, 2.45) is 0 Å². The third-order valence-corrected chi connectivity index (χ3v) is 3.86. The fraction of sp³-hybridized carbons (Fsp3) is 0.438. The number of nitrogens with zero attached hydrogens (tertiary/aromatic N) is 1. The predicted molar refractivity (Wildman–Crippen MR) is 77.7 cm³/mol. The highest BCUT2D eigenvalue weighted by molar-refractivity contribution is 6.21. The van der Waals surface area contributed by atoms with Crippen LogP contribution in [0.4, 0.5) is 0 Å². The molecule has 7 nitrogen and oxygen atoms in total. The van der Waals surface area contributed by atoms with E-state index >= 15 is 0 Å². The highest BCUT2D eigenvalue weighted by Crippen LogP contribution is 2.31. The van der Waals surface area contributed by atoms with Crippen molar-refractivity contribution in [3.8, 4) is 0 Å². The molecule has 1 aromatic carbocycles. The first-order chi connectivity index (χ1) is 10.8. The van der Waals surface area contributed by atoms with Gasteiger partial charge in [0.1, 0.15) is 6.10 Å². The minimum absolute atomic E-state index is 0.0739. The SMILES string of the molecule is COC(=O)C1OC(C)(C)OC1CN1C(=O)c2ccccc2C1=O. The number of carbonyl (C=O) groups is 3. The molecule has 1 fully saturated rings. The molecule has 0 radical (unpaired) electrons. The number of benzene rings is 1. The summed E-state index contributed by atoms with van der Waals surface area (Å²) in [7, 11) is 1.25. The molecule has 0 N–H and O–H groups in total. The van der Waals surface area contributed by atoms with E-state index in [4.69, 9.17) is 14.2 Å². The number of carbonyl (C=O) groups excluding carboxylic acids is 3. The van der Waals surface area contributed by atoms with E-state index in [-0.39, 0.29) is 6.54 Å². The molecular formula is C16H17NO6. The zero-order chi connectivity index (χ0) is 16.8. The van der Waals surface area contributed by atoms with Gasteiger partial charge >= 0.3 is 5.97 Å². The molecule has 2 heterocycles. The Hall–Kier alpha value is -2.25. The maximum atomic E-state index is 12.4. The lowest BCUT2D eigenvalue weighted by Crippen LogP contribution is -2.43. The van der Waals surface area contributed by atoms with Gasteiger partial charge in [-0.15, -0.1) is 0 Å². The van der Waals surface area contributed by atoms with Gasteiger partial charge in [0.05, 0.1) is 24.8 Å². The number of rotatable bonds is 3. The summed E-state index contributed by atoms with van der Waals surface area (Å²) in [6.45, 7) is 3.24. The molecule has 1 saturated heterocycles. The van der Waals surface area contributed by atoms with Crippen molar-refractivity contribution in [1.29, 1.82) is 0 Å². The van der Waals surface area contributed by atoms with E-state index in [2.05, 4.69) is 0 Å².